The summed E-state index contributed by atoms with van der Waals surface area (Å²) < 4.78 is 2.09. The highest BCUT2D eigenvalue weighted by Crippen LogP contribution is 2.17. The summed E-state index contributed by atoms with van der Waals surface area (Å²) >= 11 is 0. The lowest BCUT2D eigenvalue weighted by Crippen LogP contribution is -2.11. The molecule has 2 aromatic heterocycles. The number of hydrogen-bond acceptors (Lipinski definition) is 3. The van der Waals surface area contributed by atoms with Crippen molar-refractivity contribution in [2.75, 3.05) is 0 Å². The van der Waals surface area contributed by atoms with Crippen molar-refractivity contribution in [3.05, 3.63) is 59.7 Å². The van der Waals surface area contributed by atoms with Gasteiger partial charge in [-0.05, 0) is 43.7 Å². The minimum absolute atomic E-state index is 0.00343. The van der Waals surface area contributed by atoms with Crippen molar-refractivity contribution in [3.63, 3.8) is 0 Å². The van der Waals surface area contributed by atoms with Crippen molar-refractivity contribution in [3.8, 4) is 0 Å². The molecule has 106 valence electrons. The van der Waals surface area contributed by atoms with Crippen LogP contribution < -0.4 is 0 Å². The average molecular weight is 279 g/mol. The smallest absolute Gasteiger partial charge is 0.188 e. The quantitative estimate of drug-likeness (QED) is 0.689. The summed E-state index contributed by atoms with van der Waals surface area (Å²) in [7, 11) is 0. The highest BCUT2D eigenvalue weighted by atomic mass is 16.1. The third-order valence-electron chi connectivity index (χ3n) is 3.57. The molecule has 0 saturated carbocycles. The van der Waals surface area contributed by atoms with Gasteiger partial charge in [-0.2, -0.15) is 0 Å². The molecule has 2 heterocycles. The zero-order valence-corrected chi connectivity index (χ0v) is 12.2. The minimum Gasteiger partial charge on any atom is -0.328 e. The average Bonchev–Trinajstić information content (AvgIpc) is 2.84. The number of Topliss-reactive ketones (excluding diaryl/α,β-unsaturated/α-hetero) is 1. The Morgan fingerprint density at radius 2 is 2.05 bits per heavy atom. The fourth-order valence-electron chi connectivity index (χ4n) is 2.54. The van der Waals surface area contributed by atoms with E-state index in [0.29, 0.717) is 5.69 Å². The molecule has 0 atom stereocenters. The number of carbonyl (C=O) groups is 1. The molecule has 3 aromatic rings. The molecule has 0 saturated heterocycles. The summed E-state index contributed by atoms with van der Waals surface area (Å²) in [4.78, 5) is 21.1. The van der Waals surface area contributed by atoms with Crippen molar-refractivity contribution >= 4 is 16.8 Å². The van der Waals surface area contributed by atoms with Crippen LogP contribution in [-0.4, -0.2) is 20.3 Å². The number of imidazole rings is 1. The van der Waals surface area contributed by atoms with E-state index in [4.69, 9.17) is 0 Å². The monoisotopic (exact) mass is 279 g/mol. The molecular formula is C17H17N3O. The molecule has 0 N–H and O–H groups in total. The van der Waals surface area contributed by atoms with Crippen LogP contribution in [0.3, 0.4) is 0 Å². The summed E-state index contributed by atoms with van der Waals surface area (Å²) in [6.07, 6.45) is 1.95. The Morgan fingerprint density at radius 1 is 1.24 bits per heavy atom. The van der Waals surface area contributed by atoms with Crippen LogP contribution in [0.2, 0.25) is 0 Å². The van der Waals surface area contributed by atoms with E-state index >= 15 is 0 Å². The number of hydrogen-bond donors (Lipinski definition) is 0. The third-order valence-corrected chi connectivity index (χ3v) is 3.57. The predicted octanol–water partition coefficient (Wildman–Crippen LogP) is 3.19. The highest BCUT2D eigenvalue weighted by molar-refractivity contribution is 5.95. The van der Waals surface area contributed by atoms with E-state index in [0.717, 1.165) is 29.0 Å². The fraction of sp³-hybridized carbons (Fsp3) is 0.235. The van der Waals surface area contributed by atoms with Crippen LogP contribution in [0.25, 0.3) is 11.0 Å². The maximum absolute atomic E-state index is 12.4. The highest BCUT2D eigenvalue weighted by Gasteiger charge is 2.15. The molecular weight excluding hydrogens is 262 g/mol. The second-order valence-electron chi connectivity index (χ2n) is 5.08. The van der Waals surface area contributed by atoms with E-state index in [-0.39, 0.29) is 12.2 Å². The largest absolute Gasteiger partial charge is 0.328 e. The van der Waals surface area contributed by atoms with Gasteiger partial charge in [-0.25, -0.2) is 4.98 Å². The molecule has 4 heteroatoms. The van der Waals surface area contributed by atoms with Gasteiger partial charge in [-0.1, -0.05) is 12.1 Å². The molecule has 0 aliphatic heterocycles. The first-order valence-corrected chi connectivity index (χ1v) is 7.09. The summed E-state index contributed by atoms with van der Waals surface area (Å²) in [5, 5.41) is 0. The number of benzene rings is 1. The number of pyridine rings is 1. The standard InChI is InChI=1S/C17H17N3O/c1-3-20-15-7-5-4-6-13(15)19-17(20)11-16(21)14-10-12(2)8-9-18-14/h4-10H,3,11H2,1-2H3. The van der Waals surface area contributed by atoms with Crippen LogP contribution in [0, 0.1) is 6.92 Å². The zero-order valence-electron chi connectivity index (χ0n) is 12.2. The number of aromatic nitrogens is 3. The van der Waals surface area contributed by atoms with Gasteiger partial charge in [0.2, 0.25) is 0 Å². The van der Waals surface area contributed by atoms with Crippen LogP contribution >= 0.6 is 0 Å². The van der Waals surface area contributed by atoms with Gasteiger partial charge >= 0.3 is 0 Å². The van der Waals surface area contributed by atoms with Gasteiger partial charge in [-0.15, -0.1) is 0 Å². The summed E-state index contributed by atoms with van der Waals surface area (Å²) in [6.45, 7) is 4.82. The Labute approximate surface area is 123 Å². The van der Waals surface area contributed by atoms with E-state index < -0.39 is 0 Å². The Balaban J connectivity index is 1.96. The molecule has 0 unspecified atom stereocenters. The first-order chi connectivity index (χ1) is 10.2. The van der Waals surface area contributed by atoms with Crippen LogP contribution in [-0.2, 0) is 13.0 Å². The first-order valence-electron chi connectivity index (χ1n) is 7.09. The normalized spacial score (nSPS) is 11.0. The van der Waals surface area contributed by atoms with Crippen LogP contribution in [0.4, 0.5) is 0 Å². The van der Waals surface area contributed by atoms with E-state index in [1.54, 1.807) is 6.20 Å². The zero-order chi connectivity index (χ0) is 14.8. The van der Waals surface area contributed by atoms with Crippen LogP contribution in [0.5, 0.6) is 0 Å². The number of para-hydroxylation sites is 2. The number of fused-ring (bicyclic) bond motifs is 1. The molecule has 0 fully saturated rings. The summed E-state index contributed by atoms with van der Waals surface area (Å²) in [5.41, 5.74) is 3.54. The second kappa shape index (κ2) is 5.48. The lowest BCUT2D eigenvalue weighted by atomic mass is 10.1. The van der Waals surface area contributed by atoms with Gasteiger partial charge in [0.25, 0.3) is 0 Å². The van der Waals surface area contributed by atoms with Crippen molar-refractivity contribution in [2.24, 2.45) is 0 Å². The van der Waals surface area contributed by atoms with E-state index in [1.165, 1.54) is 0 Å². The molecule has 0 spiro atoms. The number of nitrogens with zero attached hydrogens (tertiary/aromatic N) is 3. The van der Waals surface area contributed by atoms with Gasteiger partial charge < -0.3 is 4.57 Å². The second-order valence-corrected chi connectivity index (χ2v) is 5.08. The van der Waals surface area contributed by atoms with E-state index in [1.807, 2.05) is 43.3 Å². The molecule has 21 heavy (non-hydrogen) atoms. The van der Waals surface area contributed by atoms with Gasteiger partial charge in [0.15, 0.2) is 5.78 Å². The Bertz CT molecular complexity index is 805. The molecule has 0 amide bonds. The summed E-state index contributed by atoms with van der Waals surface area (Å²) in [5.74, 6) is 0.802. The Kier molecular flexibility index (Phi) is 3.52. The lowest BCUT2D eigenvalue weighted by Gasteiger charge is -2.05. The molecule has 0 aliphatic carbocycles. The minimum atomic E-state index is 0.00343. The van der Waals surface area contributed by atoms with Gasteiger partial charge in [-0.3, -0.25) is 9.78 Å². The molecule has 4 nitrogen and oxygen atoms in total. The molecule has 0 aliphatic rings. The fourth-order valence-corrected chi connectivity index (χ4v) is 2.54. The summed E-state index contributed by atoms with van der Waals surface area (Å²) in [6, 6.07) is 11.7. The number of carbonyl (C=O) groups excluding carboxylic acids is 1. The van der Waals surface area contributed by atoms with Crippen LogP contribution in [0.15, 0.2) is 42.6 Å². The van der Waals surface area contributed by atoms with Crippen molar-refractivity contribution in [1.29, 1.82) is 0 Å². The maximum Gasteiger partial charge on any atom is 0.188 e. The topological polar surface area (TPSA) is 47.8 Å². The first kappa shape index (κ1) is 13.5. The van der Waals surface area contributed by atoms with Gasteiger partial charge in [0.05, 0.1) is 17.5 Å². The lowest BCUT2D eigenvalue weighted by molar-refractivity contribution is 0.0985. The third kappa shape index (κ3) is 2.57. The molecule has 3 rings (SSSR count). The number of rotatable bonds is 4. The number of aryl methyl sites for hydroxylation is 2. The Morgan fingerprint density at radius 3 is 2.81 bits per heavy atom. The van der Waals surface area contributed by atoms with Gasteiger partial charge in [0, 0.05) is 12.7 Å². The van der Waals surface area contributed by atoms with Crippen molar-refractivity contribution in [2.45, 2.75) is 26.8 Å². The molecule has 0 radical (unpaired) electrons. The van der Waals surface area contributed by atoms with Crippen molar-refractivity contribution < 1.29 is 4.79 Å². The van der Waals surface area contributed by atoms with Gasteiger partial charge in [0.1, 0.15) is 11.5 Å². The molecule has 1 aromatic carbocycles. The SMILES string of the molecule is CCn1c(CC(=O)c2cc(C)ccn2)nc2ccccc21. The number of ketones is 1. The van der Waals surface area contributed by atoms with Crippen LogP contribution in [0.1, 0.15) is 28.8 Å². The van der Waals surface area contributed by atoms with E-state index in [9.17, 15) is 4.79 Å². The Hall–Kier alpha value is -2.49. The predicted molar refractivity (Wildman–Crippen MR) is 82.4 cm³/mol. The van der Waals surface area contributed by atoms with Crippen molar-refractivity contribution in [1.82, 2.24) is 14.5 Å². The van der Waals surface area contributed by atoms with E-state index in [2.05, 4.69) is 21.5 Å². The molecule has 0 bridgehead atoms. The maximum atomic E-state index is 12.4.